The van der Waals surface area contributed by atoms with E-state index in [9.17, 15) is 0 Å². The number of hydrogen-bond acceptors (Lipinski definition) is 3. The first-order chi connectivity index (χ1) is 10.2. The summed E-state index contributed by atoms with van der Waals surface area (Å²) in [6.45, 7) is 6.10. The fraction of sp³-hybridized carbons (Fsp3) is 0.412. The molecule has 1 unspecified atom stereocenters. The molecule has 1 aromatic heterocycles. The van der Waals surface area contributed by atoms with E-state index in [2.05, 4.69) is 42.1 Å². The molecule has 0 aliphatic carbocycles. The summed E-state index contributed by atoms with van der Waals surface area (Å²) in [6, 6.07) is 10.3. The Morgan fingerprint density at radius 1 is 1.19 bits per heavy atom. The van der Waals surface area contributed by atoms with Gasteiger partial charge in [0.2, 0.25) is 0 Å². The zero-order valence-corrected chi connectivity index (χ0v) is 13.2. The molecule has 0 spiro atoms. The third-order valence-corrected chi connectivity index (χ3v) is 3.76. The number of rotatable bonds is 7. The van der Waals surface area contributed by atoms with E-state index in [-0.39, 0.29) is 6.04 Å². The molecular weight excluding hydrogens is 264 g/mol. The third kappa shape index (κ3) is 3.58. The predicted octanol–water partition coefficient (Wildman–Crippen LogP) is 3.38. The molecule has 0 amide bonds. The molecular formula is C17H24N2O2. The van der Waals surface area contributed by atoms with Gasteiger partial charge in [-0.05, 0) is 44.2 Å². The second kappa shape index (κ2) is 7.18. The third-order valence-electron chi connectivity index (χ3n) is 3.76. The van der Waals surface area contributed by atoms with Gasteiger partial charge in [0.15, 0.2) is 0 Å². The number of nitrogens with zero attached hydrogens (tertiary/aromatic N) is 1. The van der Waals surface area contributed by atoms with Crippen LogP contribution in [0.2, 0.25) is 0 Å². The zero-order valence-electron chi connectivity index (χ0n) is 13.2. The first kappa shape index (κ1) is 15.4. The van der Waals surface area contributed by atoms with Crippen molar-refractivity contribution in [1.29, 1.82) is 0 Å². The van der Waals surface area contributed by atoms with Crippen LogP contribution >= 0.6 is 0 Å². The Bertz CT molecular complexity index is 578. The normalized spacial score (nSPS) is 12.2. The number of nitrogens with one attached hydrogen (secondary N) is 1. The minimum absolute atomic E-state index is 0.176. The molecule has 0 aliphatic rings. The number of aromatic nitrogens is 1. The van der Waals surface area contributed by atoms with Gasteiger partial charge >= 0.3 is 0 Å². The fourth-order valence-corrected chi connectivity index (χ4v) is 2.46. The summed E-state index contributed by atoms with van der Waals surface area (Å²) in [6.07, 6.45) is 2.10. The van der Waals surface area contributed by atoms with Crippen molar-refractivity contribution in [1.82, 2.24) is 9.88 Å². The molecule has 0 radical (unpaired) electrons. The Kier molecular flexibility index (Phi) is 5.28. The smallest absolute Gasteiger partial charge is 0.123 e. The summed E-state index contributed by atoms with van der Waals surface area (Å²) >= 11 is 0. The van der Waals surface area contributed by atoms with Crippen molar-refractivity contribution >= 4 is 0 Å². The zero-order chi connectivity index (χ0) is 15.2. The molecule has 1 heterocycles. The van der Waals surface area contributed by atoms with Crippen LogP contribution in [0.1, 0.15) is 31.1 Å². The quantitative estimate of drug-likeness (QED) is 0.848. The van der Waals surface area contributed by atoms with Crippen LogP contribution in [0.5, 0.6) is 11.5 Å². The topological polar surface area (TPSA) is 35.4 Å². The average Bonchev–Trinajstić information content (AvgIpc) is 2.99. The summed E-state index contributed by atoms with van der Waals surface area (Å²) < 4.78 is 13.0. The van der Waals surface area contributed by atoms with Crippen molar-refractivity contribution < 1.29 is 9.47 Å². The van der Waals surface area contributed by atoms with E-state index in [1.165, 1.54) is 5.69 Å². The van der Waals surface area contributed by atoms with Crippen LogP contribution in [0.4, 0.5) is 0 Å². The van der Waals surface area contributed by atoms with Gasteiger partial charge in [-0.1, -0.05) is 0 Å². The van der Waals surface area contributed by atoms with Crippen LogP contribution < -0.4 is 14.8 Å². The number of hydrogen-bond donors (Lipinski definition) is 1. The SMILES string of the molecule is CCn1cccc1CNC(C)c1cc(OC)ccc1OC. The maximum atomic E-state index is 5.45. The van der Waals surface area contributed by atoms with Crippen LogP contribution in [-0.4, -0.2) is 18.8 Å². The molecule has 114 valence electrons. The summed E-state index contributed by atoms with van der Waals surface area (Å²) in [5, 5.41) is 3.55. The van der Waals surface area contributed by atoms with Crippen molar-refractivity contribution in [3.8, 4) is 11.5 Å². The van der Waals surface area contributed by atoms with Gasteiger partial charge in [-0.2, -0.15) is 0 Å². The largest absolute Gasteiger partial charge is 0.497 e. The Balaban J connectivity index is 2.10. The minimum Gasteiger partial charge on any atom is -0.497 e. The van der Waals surface area contributed by atoms with Gasteiger partial charge in [0.1, 0.15) is 11.5 Å². The monoisotopic (exact) mass is 288 g/mol. The lowest BCUT2D eigenvalue weighted by Crippen LogP contribution is -2.20. The van der Waals surface area contributed by atoms with E-state index in [1.807, 2.05) is 18.2 Å². The molecule has 21 heavy (non-hydrogen) atoms. The minimum atomic E-state index is 0.176. The van der Waals surface area contributed by atoms with E-state index < -0.39 is 0 Å². The van der Waals surface area contributed by atoms with Crippen LogP contribution in [0.15, 0.2) is 36.5 Å². The number of benzene rings is 1. The van der Waals surface area contributed by atoms with Crippen LogP contribution in [0, 0.1) is 0 Å². The highest BCUT2D eigenvalue weighted by Gasteiger charge is 2.13. The van der Waals surface area contributed by atoms with Gasteiger partial charge in [-0.15, -0.1) is 0 Å². The summed E-state index contributed by atoms with van der Waals surface area (Å²) in [7, 11) is 3.37. The highest BCUT2D eigenvalue weighted by Crippen LogP contribution is 2.29. The van der Waals surface area contributed by atoms with Gasteiger partial charge in [-0.25, -0.2) is 0 Å². The van der Waals surface area contributed by atoms with E-state index >= 15 is 0 Å². The lowest BCUT2D eigenvalue weighted by Gasteiger charge is -2.19. The average molecular weight is 288 g/mol. The molecule has 2 rings (SSSR count). The molecule has 1 aromatic carbocycles. The Morgan fingerprint density at radius 2 is 2.00 bits per heavy atom. The lowest BCUT2D eigenvalue weighted by atomic mass is 10.1. The Morgan fingerprint density at radius 3 is 2.67 bits per heavy atom. The van der Waals surface area contributed by atoms with Gasteiger partial charge in [0.05, 0.1) is 14.2 Å². The standard InChI is InChI=1S/C17H24N2O2/c1-5-19-10-6-7-14(19)12-18-13(2)16-11-15(20-3)8-9-17(16)21-4/h6-11,13,18H,5,12H2,1-4H3. The van der Waals surface area contributed by atoms with Crippen LogP contribution in [0.25, 0.3) is 0 Å². The molecule has 2 aromatic rings. The molecule has 4 heteroatoms. The lowest BCUT2D eigenvalue weighted by molar-refractivity contribution is 0.391. The predicted molar refractivity (Wildman–Crippen MR) is 84.9 cm³/mol. The van der Waals surface area contributed by atoms with Crippen LogP contribution in [0.3, 0.4) is 0 Å². The molecule has 0 aliphatic heterocycles. The van der Waals surface area contributed by atoms with Crippen molar-refractivity contribution in [3.63, 3.8) is 0 Å². The molecule has 1 atom stereocenters. The van der Waals surface area contributed by atoms with Gasteiger partial charge in [0.25, 0.3) is 0 Å². The molecule has 0 saturated carbocycles. The Labute approximate surface area is 126 Å². The number of aryl methyl sites for hydroxylation is 1. The summed E-state index contributed by atoms with van der Waals surface area (Å²) in [4.78, 5) is 0. The number of ether oxygens (including phenoxy) is 2. The second-order valence-corrected chi connectivity index (χ2v) is 5.00. The Hall–Kier alpha value is -1.94. The molecule has 0 bridgehead atoms. The molecule has 1 N–H and O–H groups in total. The number of methoxy groups -OCH3 is 2. The van der Waals surface area contributed by atoms with Crippen molar-refractivity contribution in [2.75, 3.05) is 14.2 Å². The van der Waals surface area contributed by atoms with E-state index in [0.29, 0.717) is 0 Å². The second-order valence-electron chi connectivity index (χ2n) is 5.00. The molecule has 0 fully saturated rings. The first-order valence-electron chi connectivity index (χ1n) is 7.29. The fourth-order valence-electron chi connectivity index (χ4n) is 2.46. The van der Waals surface area contributed by atoms with Gasteiger partial charge < -0.3 is 19.4 Å². The summed E-state index contributed by atoms with van der Waals surface area (Å²) in [5.74, 6) is 1.72. The van der Waals surface area contributed by atoms with Crippen LogP contribution in [-0.2, 0) is 13.1 Å². The van der Waals surface area contributed by atoms with Crippen molar-refractivity contribution in [3.05, 3.63) is 47.8 Å². The van der Waals surface area contributed by atoms with E-state index in [0.717, 1.165) is 30.2 Å². The van der Waals surface area contributed by atoms with Gasteiger partial charge in [0, 0.05) is 36.6 Å². The van der Waals surface area contributed by atoms with E-state index in [1.54, 1.807) is 14.2 Å². The maximum Gasteiger partial charge on any atom is 0.123 e. The highest BCUT2D eigenvalue weighted by molar-refractivity contribution is 5.42. The first-order valence-corrected chi connectivity index (χ1v) is 7.29. The van der Waals surface area contributed by atoms with Crippen molar-refractivity contribution in [2.24, 2.45) is 0 Å². The van der Waals surface area contributed by atoms with Crippen molar-refractivity contribution in [2.45, 2.75) is 33.0 Å². The summed E-state index contributed by atoms with van der Waals surface area (Å²) in [5.41, 5.74) is 2.39. The van der Waals surface area contributed by atoms with Gasteiger partial charge in [-0.3, -0.25) is 0 Å². The molecule has 0 saturated heterocycles. The van der Waals surface area contributed by atoms with E-state index in [4.69, 9.17) is 9.47 Å². The maximum absolute atomic E-state index is 5.45. The highest BCUT2D eigenvalue weighted by atomic mass is 16.5. The molecule has 4 nitrogen and oxygen atoms in total.